The number of rotatable bonds is 2. The van der Waals surface area contributed by atoms with E-state index in [4.69, 9.17) is 0 Å². The van der Waals surface area contributed by atoms with Gasteiger partial charge < -0.3 is 4.98 Å². The molecule has 4 nitrogen and oxygen atoms in total. The topological polar surface area (TPSA) is 62.8 Å². The van der Waals surface area contributed by atoms with Gasteiger partial charge >= 0.3 is 0 Å². The predicted octanol–water partition coefficient (Wildman–Crippen LogP) is 4.13. The SMILES string of the molecule is C[C@]1(c2ccc(-c3cc(F)c4cccnc4c3)[nH]c2=O)CCCCC1=O. The molecular weight excluding hydrogens is 331 g/mol. The minimum absolute atomic E-state index is 0.114. The zero-order valence-corrected chi connectivity index (χ0v) is 14.5. The van der Waals surface area contributed by atoms with E-state index in [2.05, 4.69) is 9.97 Å². The summed E-state index contributed by atoms with van der Waals surface area (Å²) in [6.45, 7) is 1.85. The van der Waals surface area contributed by atoms with Crippen LogP contribution in [-0.4, -0.2) is 15.8 Å². The fourth-order valence-corrected chi connectivity index (χ4v) is 3.83. The third-order valence-corrected chi connectivity index (χ3v) is 5.43. The van der Waals surface area contributed by atoms with Crippen molar-refractivity contribution in [1.29, 1.82) is 0 Å². The lowest BCUT2D eigenvalue weighted by atomic mass is 9.70. The van der Waals surface area contributed by atoms with Gasteiger partial charge in [0.2, 0.25) is 0 Å². The van der Waals surface area contributed by atoms with E-state index in [1.165, 1.54) is 6.07 Å². The lowest BCUT2D eigenvalue weighted by molar-refractivity contribution is -0.125. The van der Waals surface area contributed by atoms with Crippen LogP contribution in [0.2, 0.25) is 0 Å². The Morgan fingerprint density at radius 1 is 1.15 bits per heavy atom. The normalized spacial score (nSPS) is 20.5. The highest BCUT2D eigenvalue weighted by molar-refractivity contribution is 5.90. The molecule has 1 aliphatic carbocycles. The highest BCUT2D eigenvalue weighted by atomic mass is 19.1. The number of fused-ring (bicyclic) bond motifs is 1. The molecule has 0 spiro atoms. The van der Waals surface area contributed by atoms with Gasteiger partial charge in [-0.2, -0.15) is 0 Å². The lowest BCUT2D eigenvalue weighted by Gasteiger charge is -2.31. The van der Waals surface area contributed by atoms with Crippen LogP contribution in [0.4, 0.5) is 4.39 Å². The minimum atomic E-state index is -0.736. The molecule has 5 heteroatoms. The van der Waals surface area contributed by atoms with Crippen LogP contribution in [0.1, 0.15) is 38.2 Å². The Morgan fingerprint density at radius 3 is 2.77 bits per heavy atom. The minimum Gasteiger partial charge on any atom is -0.322 e. The van der Waals surface area contributed by atoms with Crippen molar-refractivity contribution in [2.45, 2.75) is 38.0 Å². The van der Waals surface area contributed by atoms with Crippen molar-refractivity contribution >= 4 is 16.7 Å². The van der Waals surface area contributed by atoms with Gasteiger partial charge in [-0.3, -0.25) is 14.6 Å². The Kier molecular flexibility index (Phi) is 3.94. The highest BCUT2D eigenvalue weighted by Gasteiger charge is 2.38. The van der Waals surface area contributed by atoms with Crippen LogP contribution >= 0.6 is 0 Å². The number of benzene rings is 1. The molecule has 132 valence electrons. The average Bonchev–Trinajstić information content (AvgIpc) is 2.64. The van der Waals surface area contributed by atoms with Crippen molar-refractivity contribution in [2.24, 2.45) is 0 Å². The summed E-state index contributed by atoms with van der Waals surface area (Å²) >= 11 is 0. The van der Waals surface area contributed by atoms with E-state index in [9.17, 15) is 14.0 Å². The first-order valence-corrected chi connectivity index (χ1v) is 8.81. The summed E-state index contributed by atoms with van der Waals surface area (Å²) in [7, 11) is 0. The van der Waals surface area contributed by atoms with E-state index in [0.717, 1.165) is 12.8 Å². The second-order valence-electron chi connectivity index (χ2n) is 7.11. The van der Waals surface area contributed by atoms with E-state index >= 15 is 0 Å². The van der Waals surface area contributed by atoms with Crippen molar-refractivity contribution in [3.63, 3.8) is 0 Å². The number of hydrogen-bond donors (Lipinski definition) is 1. The van der Waals surface area contributed by atoms with Gasteiger partial charge in [-0.25, -0.2) is 4.39 Å². The smallest absolute Gasteiger partial charge is 0.252 e. The Bertz CT molecular complexity index is 1070. The Labute approximate surface area is 150 Å². The van der Waals surface area contributed by atoms with Crippen LogP contribution in [0.15, 0.2) is 47.4 Å². The predicted molar refractivity (Wildman–Crippen MR) is 98.6 cm³/mol. The van der Waals surface area contributed by atoms with E-state index < -0.39 is 5.41 Å². The molecule has 3 aromatic rings. The maximum Gasteiger partial charge on any atom is 0.252 e. The molecule has 0 amide bonds. The summed E-state index contributed by atoms with van der Waals surface area (Å²) < 4.78 is 14.3. The van der Waals surface area contributed by atoms with Gasteiger partial charge in [0.15, 0.2) is 0 Å². The molecule has 0 radical (unpaired) electrons. The zero-order chi connectivity index (χ0) is 18.3. The number of hydrogen-bond acceptors (Lipinski definition) is 3. The van der Waals surface area contributed by atoms with Gasteiger partial charge in [0.25, 0.3) is 5.56 Å². The molecule has 1 atom stereocenters. The summed E-state index contributed by atoms with van der Waals surface area (Å²) in [6.07, 6.45) is 4.62. The number of pyridine rings is 2. The first-order valence-electron chi connectivity index (χ1n) is 8.81. The van der Waals surface area contributed by atoms with Crippen molar-refractivity contribution in [3.05, 3.63) is 64.3 Å². The fraction of sp³-hybridized carbons (Fsp3) is 0.286. The molecule has 1 fully saturated rings. The Balaban J connectivity index is 1.79. The molecule has 26 heavy (non-hydrogen) atoms. The van der Waals surface area contributed by atoms with Crippen molar-refractivity contribution < 1.29 is 9.18 Å². The van der Waals surface area contributed by atoms with E-state index in [-0.39, 0.29) is 17.2 Å². The molecule has 2 aromatic heterocycles. The number of ketones is 1. The molecule has 1 aliphatic rings. The molecule has 2 heterocycles. The summed E-state index contributed by atoms with van der Waals surface area (Å²) in [5, 5.41) is 0.440. The third-order valence-electron chi connectivity index (χ3n) is 5.43. The van der Waals surface area contributed by atoms with Crippen LogP contribution in [0.25, 0.3) is 22.2 Å². The van der Waals surface area contributed by atoms with E-state index in [1.807, 2.05) is 6.92 Å². The molecule has 0 aliphatic heterocycles. The number of nitrogens with one attached hydrogen (secondary N) is 1. The zero-order valence-electron chi connectivity index (χ0n) is 14.5. The van der Waals surface area contributed by atoms with Crippen LogP contribution in [-0.2, 0) is 10.2 Å². The molecule has 1 N–H and O–H groups in total. The number of nitrogens with zero attached hydrogens (tertiary/aromatic N) is 1. The van der Waals surface area contributed by atoms with Crippen molar-refractivity contribution in [1.82, 2.24) is 9.97 Å². The molecule has 0 bridgehead atoms. The number of H-pyrrole nitrogens is 1. The standard InChI is InChI=1S/C21H19FN2O2/c1-21(9-3-2-6-19(21)25)15-7-8-17(24-20(15)26)13-11-16(22)14-5-4-10-23-18(14)12-13/h4-5,7-8,10-12H,2-3,6,9H2,1H3,(H,24,26)/t21-/m1/s1. The van der Waals surface area contributed by atoms with Gasteiger partial charge in [-0.1, -0.05) is 12.5 Å². The lowest BCUT2D eigenvalue weighted by Crippen LogP contribution is -2.40. The van der Waals surface area contributed by atoms with Crippen LogP contribution in [0.3, 0.4) is 0 Å². The third kappa shape index (κ3) is 2.64. The van der Waals surface area contributed by atoms with Gasteiger partial charge in [0.05, 0.1) is 10.9 Å². The summed E-state index contributed by atoms with van der Waals surface area (Å²) in [5.41, 5.74) is 1.06. The molecule has 0 saturated heterocycles. The second kappa shape index (κ2) is 6.16. The molecule has 4 rings (SSSR count). The van der Waals surface area contributed by atoms with Crippen LogP contribution in [0, 0.1) is 5.82 Å². The molecule has 1 aromatic carbocycles. The molecule has 1 saturated carbocycles. The monoisotopic (exact) mass is 350 g/mol. The van der Waals surface area contributed by atoms with Crippen LogP contribution < -0.4 is 5.56 Å². The van der Waals surface area contributed by atoms with Gasteiger partial charge in [-0.15, -0.1) is 0 Å². The number of halogens is 1. The van der Waals surface area contributed by atoms with Crippen LogP contribution in [0.5, 0.6) is 0 Å². The highest BCUT2D eigenvalue weighted by Crippen LogP contribution is 2.35. The van der Waals surface area contributed by atoms with E-state index in [0.29, 0.717) is 40.6 Å². The van der Waals surface area contributed by atoms with Crippen molar-refractivity contribution in [2.75, 3.05) is 0 Å². The first kappa shape index (κ1) is 16.6. The molecular formula is C21H19FN2O2. The maximum absolute atomic E-state index is 14.3. The van der Waals surface area contributed by atoms with Gasteiger partial charge in [0, 0.05) is 34.8 Å². The summed E-state index contributed by atoms with van der Waals surface area (Å²) in [5.74, 6) is -0.270. The molecule has 0 unspecified atom stereocenters. The quantitative estimate of drug-likeness (QED) is 0.756. The number of aromatic nitrogens is 2. The second-order valence-corrected chi connectivity index (χ2v) is 7.11. The van der Waals surface area contributed by atoms with Crippen molar-refractivity contribution in [3.8, 4) is 11.3 Å². The Morgan fingerprint density at radius 2 is 2.00 bits per heavy atom. The largest absolute Gasteiger partial charge is 0.322 e. The maximum atomic E-state index is 14.3. The number of aromatic amines is 1. The number of carbonyl (C=O) groups is 1. The van der Waals surface area contributed by atoms with Gasteiger partial charge in [-0.05, 0) is 50.1 Å². The Hall–Kier alpha value is -2.82. The van der Waals surface area contributed by atoms with E-state index in [1.54, 1.807) is 36.5 Å². The first-order chi connectivity index (χ1) is 12.5. The van der Waals surface area contributed by atoms with Gasteiger partial charge in [0.1, 0.15) is 11.6 Å². The average molecular weight is 350 g/mol. The summed E-state index contributed by atoms with van der Waals surface area (Å²) in [4.78, 5) is 32.1. The number of Topliss-reactive ketones (excluding diaryl/α,β-unsaturated/α-hetero) is 1. The fourth-order valence-electron chi connectivity index (χ4n) is 3.83. The summed E-state index contributed by atoms with van der Waals surface area (Å²) in [6, 6.07) is 9.94. The number of carbonyl (C=O) groups excluding carboxylic acids is 1.